The summed E-state index contributed by atoms with van der Waals surface area (Å²) in [6.45, 7) is 0.656. The highest BCUT2D eigenvalue weighted by atomic mass is 32.1. The average Bonchev–Trinajstić information content (AvgIpc) is 2.97. The number of nitrogens with zero attached hydrogens (tertiary/aromatic N) is 2. The van der Waals surface area contributed by atoms with Crippen LogP contribution in [-0.2, 0) is 6.42 Å². The molecule has 19 heavy (non-hydrogen) atoms. The van der Waals surface area contributed by atoms with Gasteiger partial charge in [0.05, 0.1) is 12.1 Å². The van der Waals surface area contributed by atoms with Crippen LogP contribution in [0.5, 0.6) is 5.75 Å². The van der Waals surface area contributed by atoms with Gasteiger partial charge in [-0.3, -0.25) is 4.79 Å². The summed E-state index contributed by atoms with van der Waals surface area (Å²) in [6.07, 6.45) is 2.56. The lowest BCUT2D eigenvalue weighted by Gasteiger charge is -2.16. The third kappa shape index (κ3) is 3.54. The van der Waals surface area contributed by atoms with Crippen LogP contribution in [0.1, 0.15) is 15.4 Å². The fourth-order valence-electron chi connectivity index (χ4n) is 1.72. The Bertz CT molecular complexity index is 540. The molecule has 4 nitrogen and oxygen atoms in total. The third-order valence-corrected chi connectivity index (χ3v) is 3.65. The molecule has 5 heteroatoms. The van der Waals surface area contributed by atoms with Gasteiger partial charge >= 0.3 is 0 Å². The van der Waals surface area contributed by atoms with Crippen molar-refractivity contribution in [3.63, 3.8) is 0 Å². The summed E-state index contributed by atoms with van der Waals surface area (Å²) in [5.74, 6) is 0.689. The molecule has 0 fully saturated rings. The zero-order chi connectivity index (χ0) is 13.7. The lowest BCUT2D eigenvalue weighted by atomic mass is 10.2. The molecule has 0 spiro atoms. The Morgan fingerprint density at radius 3 is 3.00 bits per heavy atom. The van der Waals surface area contributed by atoms with E-state index < -0.39 is 0 Å². The van der Waals surface area contributed by atoms with Crippen LogP contribution in [0.15, 0.2) is 35.8 Å². The molecule has 2 aromatic rings. The van der Waals surface area contributed by atoms with E-state index >= 15 is 0 Å². The molecule has 0 aliphatic rings. The summed E-state index contributed by atoms with van der Waals surface area (Å²) in [6, 6.07) is 7.19. The summed E-state index contributed by atoms with van der Waals surface area (Å²) in [7, 11) is 3.39. The summed E-state index contributed by atoms with van der Waals surface area (Å²) in [5.41, 5.74) is 0.640. The third-order valence-electron chi connectivity index (χ3n) is 2.81. The lowest BCUT2D eigenvalue weighted by molar-refractivity contribution is 0.0796. The molecule has 0 atom stereocenters. The fourth-order valence-corrected chi connectivity index (χ4v) is 2.33. The Kier molecular flexibility index (Phi) is 4.52. The second kappa shape index (κ2) is 6.33. The Hall–Kier alpha value is -1.88. The van der Waals surface area contributed by atoms with Gasteiger partial charge in [0.15, 0.2) is 0 Å². The molecule has 1 heterocycles. The molecule has 0 aliphatic carbocycles. The number of likely N-dealkylation sites (N-methyl/N-ethyl adjacent to an activating group) is 1. The summed E-state index contributed by atoms with van der Waals surface area (Å²) in [5, 5.41) is 2.99. The SMILES string of the molecule is COc1cccc(C(=O)N(C)CCc2nccs2)c1. The van der Waals surface area contributed by atoms with E-state index in [9.17, 15) is 4.79 Å². The quantitative estimate of drug-likeness (QED) is 0.842. The minimum absolute atomic E-state index is 0.00421. The van der Waals surface area contributed by atoms with Gasteiger partial charge in [-0.25, -0.2) is 4.98 Å². The molecular weight excluding hydrogens is 260 g/mol. The Morgan fingerprint density at radius 1 is 1.47 bits per heavy atom. The number of carbonyl (C=O) groups is 1. The smallest absolute Gasteiger partial charge is 0.253 e. The Morgan fingerprint density at radius 2 is 2.32 bits per heavy atom. The first-order valence-electron chi connectivity index (χ1n) is 5.98. The van der Waals surface area contributed by atoms with E-state index in [0.29, 0.717) is 17.9 Å². The van der Waals surface area contributed by atoms with Crippen LogP contribution in [0, 0.1) is 0 Å². The first kappa shape index (κ1) is 13.5. The molecule has 0 unspecified atom stereocenters. The predicted octanol–water partition coefficient (Wildman–Crippen LogP) is 2.47. The van der Waals surface area contributed by atoms with Gasteiger partial charge in [-0.05, 0) is 18.2 Å². The van der Waals surface area contributed by atoms with Gasteiger partial charge in [-0.15, -0.1) is 11.3 Å². The molecule has 2 rings (SSSR count). The molecular formula is C14H16N2O2S. The van der Waals surface area contributed by atoms with Crippen LogP contribution in [0.4, 0.5) is 0 Å². The van der Waals surface area contributed by atoms with Crippen molar-refractivity contribution < 1.29 is 9.53 Å². The van der Waals surface area contributed by atoms with E-state index in [2.05, 4.69) is 4.98 Å². The van der Waals surface area contributed by atoms with E-state index in [1.807, 2.05) is 17.5 Å². The van der Waals surface area contributed by atoms with E-state index in [0.717, 1.165) is 11.4 Å². The first-order valence-corrected chi connectivity index (χ1v) is 6.86. The maximum absolute atomic E-state index is 12.2. The van der Waals surface area contributed by atoms with Gasteiger partial charge in [-0.2, -0.15) is 0 Å². The highest BCUT2D eigenvalue weighted by Gasteiger charge is 2.12. The fraction of sp³-hybridized carbons (Fsp3) is 0.286. The van der Waals surface area contributed by atoms with Crippen molar-refractivity contribution in [2.45, 2.75) is 6.42 Å². The minimum atomic E-state index is -0.00421. The van der Waals surface area contributed by atoms with Crippen molar-refractivity contribution in [3.05, 3.63) is 46.4 Å². The standard InChI is InChI=1S/C14H16N2O2S/c1-16(8-6-13-15-7-9-19-13)14(17)11-4-3-5-12(10-11)18-2/h3-5,7,9-10H,6,8H2,1-2H3. The van der Waals surface area contributed by atoms with Crippen molar-refractivity contribution in [3.8, 4) is 5.75 Å². The zero-order valence-electron chi connectivity index (χ0n) is 11.0. The number of hydrogen-bond donors (Lipinski definition) is 0. The van der Waals surface area contributed by atoms with Gasteiger partial charge in [0.2, 0.25) is 0 Å². The Labute approximate surface area is 116 Å². The number of methoxy groups -OCH3 is 1. The summed E-state index contributed by atoms with van der Waals surface area (Å²) < 4.78 is 5.12. The number of thiazole rings is 1. The molecule has 1 amide bonds. The Balaban J connectivity index is 1.97. The van der Waals surface area contributed by atoms with Crippen LogP contribution < -0.4 is 4.74 Å². The van der Waals surface area contributed by atoms with Crippen molar-refractivity contribution in [2.75, 3.05) is 20.7 Å². The van der Waals surface area contributed by atoms with Gasteiger partial charge in [0.25, 0.3) is 5.91 Å². The number of aromatic nitrogens is 1. The number of rotatable bonds is 5. The second-order valence-corrected chi connectivity index (χ2v) is 5.11. The largest absolute Gasteiger partial charge is 0.497 e. The predicted molar refractivity (Wildman–Crippen MR) is 75.8 cm³/mol. The number of ether oxygens (including phenoxy) is 1. The zero-order valence-corrected chi connectivity index (χ0v) is 11.8. The van der Waals surface area contributed by atoms with Crippen LogP contribution in [-0.4, -0.2) is 36.5 Å². The van der Waals surface area contributed by atoms with Crippen LogP contribution in [0.25, 0.3) is 0 Å². The van der Waals surface area contributed by atoms with Crippen molar-refractivity contribution >= 4 is 17.2 Å². The van der Waals surface area contributed by atoms with Crippen molar-refractivity contribution in [2.24, 2.45) is 0 Å². The summed E-state index contributed by atoms with van der Waals surface area (Å²) in [4.78, 5) is 18.1. The van der Waals surface area contributed by atoms with E-state index in [-0.39, 0.29) is 5.91 Å². The van der Waals surface area contributed by atoms with Gasteiger partial charge < -0.3 is 9.64 Å². The number of hydrogen-bond acceptors (Lipinski definition) is 4. The van der Waals surface area contributed by atoms with E-state index in [1.54, 1.807) is 48.7 Å². The van der Waals surface area contributed by atoms with E-state index in [4.69, 9.17) is 4.74 Å². The van der Waals surface area contributed by atoms with Gasteiger partial charge in [-0.1, -0.05) is 6.07 Å². The maximum Gasteiger partial charge on any atom is 0.253 e. The maximum atomic E-state index is 12.2. The molecule has 1 aromatic heterocycles. The number of benzene rings is 1. The number of carbonyl (C=O) groups excluding carboxylic acids is 1. The molecule has 0 aliphatic heterocycles. The van der Waals surface area contributed by atoms with Crippen molar-refractivity contribution in [1.82, 2.24) is 9.88 Å². The summed E-state index contributed by atoms with van der Waals surface area (Å²) >= 11 is 1.61. The molecule has 0 radical (unpaired) electrons. The first-order chi connectivity index (χ1) is 9.20. The monoisotopic (exact) mass is 276 g/mol. The van der Waals surface area contributed by atoms with Gasteiger partial charge in [0, 0.05) is 37.2 Å². The highest BCUT2D eigenvalue weighted by molar-refractivity contribution is 7.09. The van der Waals surface area contributed by atoms with E-state index in [1.165, 1.54) is 0 Å². The minimum Gasteiger partial charge on any atom is -0.497 e. The molecule has 0 N–H and O–H groups in total. The van der Waals surface area contributed by atoms with Crippen LogP contribution >= 0.6 is 11.3 Å². The second-order valence-electron chi connectivity index (χ2n) is 4.13. The molecule has 0 bridgehead atoms. The lowest BCUT2D eigenvalue weighted by Crippen LogP contribution is -2.28. The van der Waals surface area contributed by atoms with Crippen molar-refractivity contribution in [1.29, 1.82) is 0 Å². The average molecular weight is 276 g/mol. The molecule has 100 valence electrons. The molecule has 1 aromatic carbocycles. The highest BCUT2D eigenvalue weighted by Crippen LogP contribution is 2.14. The topological polar surface area (TPSA) is 42.4 Å². The molecule has 0 saturated carbocycles. The van der Waals surface area contributed by atoms with Crippen LogP contribution in [0.3, 0.4) is 0 Å². The van der Waals surface area contributed by atoms with Gasteiger partial charge in [0.1, 0.15) is 5.75 Å². The van der Waals surface area contributed by atoms with Crippen LogP contribution in [0.2, 0.25) is 0 Å². The normalized spacial score (nSPS) is 10.2. The number of amides is 1. The molecule has 0 saturated heterocycles.